The summed E-state index contributed by atoms with van der Waals surface area (Å²) in [5, 5.41) is 13.5. The predicted molar refractivity (Wildman–Crippen MR) is 131 cm³/mol. The van der Waals surface area contributed by atoms with E-state index in [1.807, 2.05) is 4.90 Å². The average Bonchev–Trinajstić information content (AvgIpc) is 2.89. The number of carbonyl (C=O) groups excluding carboxylic acids is 1. The minimum atomic E-state index is -3.83. The van der Waals surface area contributed by atoms with Crippen LogP contribution in [0.5, 0.6) is 11.5 Å². The molecule has 1 amide bonds. The SMILES string of the molecule is O=C(N[C@H](CN1CCC1)[C@H](O)c1ccc2c(c1)OCCO2)C(F)(F)c1ccc(-c2ccc(F)cc2)cc1. The topological polar surface area (TPSA) is 71.0 Å². The Morgan fingerprint density at radius 1 is 0.946 bits per heavy atom. The van der Waals surface area contributed by atoms with E-state index in [4.69, 9.17) is 9.47 Å². The molecule has 5 rings (SSSR count). The van der Waals surface area contributed by atoms with Gasteiger partial charge in [0, 0.05) is 12.1 Å². The summed E-state index contributed by atoms with van der Waals surface area (Å²) in [7, 11) is 0. The number of nitrogens with zero attached hydrogens (tertiary/aromatic N) is 1. The number of fused-ring (bicyclic) bond motifs is 1. The summed E-state index contributed by atoms with van der Waals surface area (Å²) in [5.74, 6) is -4.72. The van der Waals surface area contributed by atoms with Gasteiger partial charge in [0.05, 0.1) is 6.04 Å². The first-order valence-corrected chi connectivity index (χ1v) is 12.2. The zero-order valence-electron chi connectivity index (χ0n) is 20.0. The molecule has 0 saturated carbocycles. The highest BCUT2D eigenvalue weighted by Gasteiger charge is 2.43. The molecule has 3 aromatic rings. The number of nitrogens with one attached hydrogen (secondary N) is 1. The molecule has 0 aliphatic carbocycles. The number of halogens is 3. The summed E-state index contributed by atoms with van der Waals surface area (Å²) in [6, 6.07) is 14.9. The Morgan fingerprint density at radius 2 is 1.57 bits per heavy atom. The number of alkyl halides is 2. The van der Waals surface area contributed by atoms with Crippen LogP contribution in [0.1, 0.15) is 23.7 Å². The first-order chi connectivity index (χ1) is 17.8. The molecule has 6 nitrogen and oxygen atoms in total. The molecule has 37 heavy (non-hydrogen) atoms. The molecule has 0 radical (unpaired) electrons. The maximum atomic E-state index is 15.2. The van der Waals surface area contributed by atoms with E-state index in [0.29, 0.717) is 41.4 Å². The third-order valence-electron chi connectivity index (χ3n) is 6.72. The van der Waals surface area contributed by atoms with E-state index in [2.05, 4.69) is 5.32 Å². The number of hydrogen-bond donors (Lipinski definition) is 2. The van der Waals surface area contributed by atoms with Crippen LogP contribution < -0.4 is 14.8 Å². The number of amides is 1. The standard InChI is InChI=1S/C28H27F3N2O4/c29-22-9-4-19(5-10-22)18-2-7-21(8-3-18)28(30,31)27(35)32-23(17-33-12-1-13-33)26(34)20-6-11-24-25(16-20)37-15-14-36-24/h2-11,16,23,26,34H,1,12-15,17H2,(H,32,35)/t23-,26-/m1/s1. The van der Waals surface area contributed by atoms with Crippen LogP contribution in [0.2, 0.25) is 0 Å². The highest BCUT2D eigenvalue weighted by atomic mass is 19.3. The quantitative estimate of drug-likeness (QED) is 0.472. The summed E-state index contributed by atoms with van der Waals surface area (Å²) in [6.07, 6.45) is -0.269. The first-order valence-electron chi connectivity index (χ1n) is 12.2. The summed E-state index contributed by atoms with van der Waals surface area (Å²) < 4.78 is 54.7. The van der Waals surface area contributed by atoms with E-state index in [1.54, 1.807) is 30.3 Å². The van der Waals surface area contributed by atoms with Gasteiger partial charge in [-0.15, -0.1) is 0 Å². The van der Waals surface area contributed by atoms with Crippen LogP contribution in [0, 0.1) is 5.82 Å². The molecule has 1 fully saturated rings. The van der Waals surface area contributed by atoms with Crippen molar-refractivity contribution >= 4 is 5.91 Å². The second-order valence-electron chi connectivity index (χ2n) is 9.24. The zero-order chi connectivity index (χ0) is 26.0. The van der Waals surface area contributed by atoms with Crippen molar-refractivity contribution in [1.82, 2.24) is 10.2 Å². The van der Waals surface area contributed by atoms with Crippen molar-refractivity contribution in [2.24, 2.45) is 0 Å². The fraction of sp³-hybridized carbons (Fsp3) is 0.321. The van der Waals surface area contributed by atoms with Gasteiger partial charge in [0.2, 0.25) is 0 Å². The third-order valence-corrected chi connectivity index (χ3v) is 6.72. The van der Waals surface area contributed by atoms with Gasteiger partial charge < -0.3 is 24.8 Å². The van der Waals surface area contributed by atoms with Gasteiger partial charge in [0.15, 0.2) is 11.5 Å². The minimum Gasteiger partial charge on any atom is -0.486 e. The van der Waals surface area contributed by atoms with Crippen LogP contribution >= 0.6 is 0 Å². The third kappa shape index (κ3) is 5.42. The number of benzene rings is 3. The van der Waals surface area contributed by atoms with E-state index in [0.717, 1.165) is 19.5 Å². The summed E-state index contributed by atoms with van der Waals surface area (Å²) in [4.78, 5) is 14.8. The van der Waals surface area contributed by atoms with E-state index >= 15 is 8.78 Å². The van der Waals surface area contributed by atoms with Crippen molar-refractivity contribution in [3.05, 3.63) is 83.7 Å². The Hall–Kier alpha value is -3.56. The molecule has 3 aromatic carbocycles. The van der Waals surface area contributed by atoms with Gasteiger partial charge in [-0.05, 0) is 60.5 Å². The van der Waals surface area contributed by atoms with E-state index in [-0.39, 0.29) is 6.54 Å². The van der Waals surface area contributed by atoms with Crippen molar-refractivity contribution in [1.29, 1.82) is 0 Å². The second kappa shape index (κ2) is 10.4. The van der Waals surface area contributed by atoms with E-state index < -0.39 is 35.4 Å². The molecule has 2 aliphatic heterocycles. The van der Waals surface area contributed by atoms with Crippen molar-refractivity contribution in [2.45, 2.75) is 24.5 Å². The van der Waals surface area contributed by atoms with Crippen LogP contribution in [-0.2, 0) is 10.7 Å². The van der Waals surface area contributed by atoms with Crippen LogP contribution in [0.25, 0.3) is 11.1 Å². The number of ether oxygens (including phenoxy) is 2. The Labute approximate surface area is 212 Å². The van der Waals surface area contributed by atoms with Crippen LogP contribution in [0.3, 0.4) is 0 Å². The van der Waals surface area contributed by atoms with Crippen LogP contribution in [-0.4, -0.2) is 54.8 Å². The Kier molecular flexibility index (Phi) is 7.08. The van der Waals surface area contributed by atoms with Gasteiger partial charge in [0.25, 0.3) is 5.91 Å². The summed E-state index contributed by atoms with van der Waals surface area (Å²) >= 11 is 0. The zero-order valence-corrected chi connectivity index (χ0v) is 20.0. The number of carbonyl (C=O) groups is 1. The average molecular weight is 513 g/mol. The molecule has 1 saturated heterocycles. The van der Waals surface area contributed by atoms with Crippen LogP contribution in [0.15, 0.2) is 66.7 Å². The van der Waals surface area contributed by atoms with Gasteiger partial charge in [-0.2, -0.15) is 8.78 Å². The van der Waals surface area contributed by atoms with E-state index in [9.17, 15) is 14.3 Å². The number of aliphatic hydroxyl groups excluding tert-OH is 1. The van der Waals surface area contributed by atoms with E-state index in [1.165, 1.54) is 36.4 Å². The first kappa shape index (κ1) is 25.1. The van der Waals surface area contributed by atoms with Gasteiger partial charge in [-0.1, -0.05) is 42.5 Å². The fourth-order valence-electron chi connectivity index (χ4n) is 4.45. The van der Waals surface area contributed by atoms with Gasteiger partial charge in [-0.3, -0.25) is 4.79 Å². The minimum absolute atomic E-state index is 0.223. The second-order valence-corrected chi connectivity index (χ2v) is 9.24. The molecule has 0 bridgehead atoms. The lowest BCUT2D eigenvalue weighted by Crippen LogP contribution is -2.53. The largest absolute Gasteiger partial charge is 0.486 e. The Bertz CT molecular complexity index is 1250. The molecule has 0 aromatic heterocycles. The predicted octanol–water partition coefficient (Wildman–Crippen LogP) is 4.28. The number of aliphatic hydroxyl groups is 1. The van der Waals surface area contributed by atoms with Gasteiger partial charge >= 0.3 is 5.92 Å². The highest BCUT2D eigenvalue weighted by Crippen LogP contribution is 2.35. The molecule has 194 valence electrons. The van der Waals surface area contributed by atoms with Crippen molar-refractivity contribution in [3.8, 4) is 22.6 Å². The smallest absolute Gasteiger partial charge is 0.349 e. The number of hydrogen-bond acceptors (Lipinski definition) is 5. The number of likely N-dealkylation sites (tertiary alicyclic amines) is 1. The molecule has 0 unspecified atom stereocenters. The molecule has 9 heteroatoms. The lowest BCUT2D eigenvalue weighted by atomic mass is 9.98. The van der Waals surface area contributed by atoms with Crippen molar-refractivity contribution < 1.29 is 32.5 Å². The van der Waals surface area contributed by atoms with Crippen LogP contribution in [0.4, 0.5) is 13.2 Å². The summed E-state index contributed by atoms with van der Waals surface area (Å²) in [6.45, 7) is 2.54. The van der Waals surface area contributed by atoms with Gasteiger partial charge in [-0.25, -0.2) is 4.39 Å². The lowest BCUT2D eigenvalue weighted by molar-refractivity contribution is -0.149. The maximum Gasteiger partial charge on any atom is 0.349 e. The lowest BCUT2D eigenvalue weighted by Gasteiger charge is -2.36. The molecule has 2 atom stereocenters. The van der Waals surface area contributed by atoms with Crippen molar-refractivity contribution in [2.75, 3.05) is 32.8 Å². The Morgan fingerprint density at radius 3 is 2.19 bits per heavy atom. The van der Waals surface area contributed by atoms with Gasteiger partial charge in [0.1, 0.15) is 25.1 Å². The normalized spacial score (nSPS) is 17.0. The molecule has 2 N–H and O–H groups in total. The maximum absolute atomic E-state index is 15.2. The molecular formula is C28H27F3N2O4. The fourth-order valence-corrected chi connectivity index (χ4v) is 4.45. The highest BCUT2D eigenvalue weighted by molar-refractivity contribution is 5.85. The summed E-state index contributed by atoms with van der Waals surface area (Å²) in [5.41, 5.74) is 1.23. The monoisotopic (exact) mass is 512 g/mol. The Balaban J connectivity index is 1.33. The molecule has 0 spiro atoms. The van der Waals surface area contributed by atoms with Crippen molar-refractivity contribution in [3.63, 3.8) is 0 Å². The molecular weight excluding hydrogens is 485 g/mol. The molecule has 2 heterocycles. The molecule has 2 aliphatic rings. The number of rotatable bonds is 8.